The van der Waals surface area contributed by atoms with Crippen LogP contribution >= 0.6 is 0 Å². The summed E-state index contributed by atoms with van der Waals surface area (Å²) in [4.78, 5) is 29.5. The Bertz CT molecular complexity index is 766. The molecule has 2 aromatic rings. The zero-order chi connectivity index (χ0) is 21.0. The second kappa shape index (κ2) is 12.1. The molecule has 0 saturated carbocycles. The maximum absolute atomic E-state index is 12.1. The number of rotatable bonds is 12. The first-order valence-corrected chi connectivity index (χ1v) is 10.2. The highest BCUT2D eigenvalue weighted by Crippen LogP contribution is 2.20. The summed E-state index contributed by atoms with van der Waals surface area (Å²) in [5.41, 5.74) is 1.62. The molecule has 0 aliphatic carbocycles. The molecule has 2 aromatic carbocycles. The van der Waals surface area contributed by atoms with Gasteiger partial charge in [-0.1, -0.05) is 48.5 Å². The second-order valence-corrected chi connectivity index (χ2v) is 7.02. The summed E-state index contributed by atoms with van der Waals surface area (Å²) >= 11 is 0. The smallest absolute Gasteiger partial charge is 0.251 e. The summed E-state index contributed by atoms with van der Waals surface area (Å²) in [6.07, 6.45) is 2.36. The summed E-state index contributed by atoms with van der Waals surface area (Å²) in [6.45, 7) is 1.84. The molecule has 7 heteroatoms. The summed E-state index contributed by atoms with van der Waals surface area (Å²) in [7, 11) is 0. The van der Waals surface area contributed by atoms with Gasteiger partial charge in [-0.25, -0.2) is 5.06 Å². The first kappa shape index (κ1) is 22.0. The Balaban J connectivity index is 1.46. The number of hydroxylamine groups is 2. The molecule has 0 unspecified atom stereocenters. The highest BCUT2D eigenvalue weighted by molar-refractivity contribution is 5.94. The molecule has 1 aliphatic rings. The normalized spacial score (nSPS) is 14.9. The van der Waals surface area contributed by atoms with Crippen molar-refractivity contribution >= 4 is 12.3 Å². The molecule has 1 heterocycles. The minimum Gasteiger partial charge on any atom is -0.352 e. The molecule has 30 heavy (non-hydrogen) atoms. The third kappa shape index (κ3) is 6.66. The van der Waals surface area contributed by atoms with E-state index in [0.29, 0.717) is 38.2 Å². The lowest BCUT2D eigenvalue weighted by Gasteiger charge is -2.30. The largest absolute Gasteiger partial charge is 0.352 e. The van der Waals surface area contributed by atoms with Crippen LogP contribution < -0.4 is 5.32 Å². The molecular weight excluding hydrogens is 384 g/mol. The van der Waals surface area contributed by atoms with Gasteiger partial charge in [0, 0.05) is 12.1 Å². The van der Waals surface area contributed by atoms with E-state index in [1.54, 1.807) is 12.1 Å². The molecule has 0 bridgehead atoms. The van der Waals surface area contributed by atoms with Crippen LogP contribution in [-0.4, -0.2) is 49.5 Å². The summed E-state index contributed by atoms with van der Waals surface area (Å²) in [5, 5.41) is 4.21. The lowest BCUT2D eigenvalue weighted by atomic mass is 10.1. The number of hydrogen-bond donors (Lipinski definition) is 1. The maximum atomic E-state index is 12.1. The van der Waals surface area contributed by atoms with Crippen molar-refractivity contribution in [3.05, 3.63) is 71.8 Å². The Labute approximate surface area is 176 Å². The van der Waals surface area contributed by atoms with Gasteiger partial charge >= 0.3 is 0 Å². The first-order valence-electron chi connectivity index (χ1n) is 10.2. The molecular formula is C23H28N2O5. The minimum atomic E-state index is -0.509. The summed E-state index contributed by atoms with van der Waals surface area (Å²) in [6, 6.07) is 18.4. The molecule has 0 aromatic heterocycles. The second-order valence-electron chi connectivity index (χ2n) is 7.02. The van der Waals surface area contributed by atoms with Gasteiger partial charge in [-0.05, 0) is 37.0 Å². The monoisotopic (exact) mass is 412 g/mol. The number of benzene rings is 2. The third-order valence-corrected chi connectivity index (χ3v) is 4.86. The number of ether oxygens (including phenoxy) is 2. The van der Waals surface area contributed by atoms with Crippen molar-refractivity contribution in [2.45, 2.75) is 38.2 Å². The average Bonchev–Trinajstić information content (AvgIpc) is 3.33. The molecule has 7 nitrogen and oxygen atoms in total. The van der Waals surface area contributed by atoms with Gasteiger partial charge in [-0.2, -0.15) is 0 Å². The predicted molar refractivity (Wildman–Crippen MR) is 111 cm³/mol. The van der Waals surface area contributed by atoms with E-state index < -0.39 is 6.29 Å². The van der Waals surface area contributed by atoms with E-state index in [2.05, 4.69) is 5.32 Å². The first-order chi connectivity index (χ1) is 14.8. The van der Waals surface area contributed by atoms with Crippen LogP contribution in [0.25, 0.3) is 0 Å². The topological polar surface area (TPSA) is 77.1 Å². The standard InChI is InChI=1S/C23H28N2O5/c26-18-25(30-17-19-9-3-1-4-10-19)21(23-28-15-16-29-23)13-7-8-14-24-22(27)20-11-5-2-6-12-20/h1-6,9-12,18,21,23H,7-8,13-17H2,(H,24,27)/t21-/m0/s1. The van der Waals surface area contributed by atoms with Gasteiger partial charge in [0.25, 0.3) is 5.91 Å². The number of carbonyl (C=O) groups is 2. The lowest BCUT2D eigenvalue weighted by Crippen LogP contribution is -2.43. The van der Waals surface area contributed by atoms with E-state index in [1.807, 2.05) is 48.5 Å². The molecule has 1 N–H and O–H groups in total. The van der Waals surface area contributed by atoms with Crippen molar-refractivity contribution in [2.24, 2.45) is 0 Å². The maximum Gasteiger partial charge on any atom is 0.251 e. The predicted octanol–water partition coefficient (Wildman–Crippen LogP) is 2.92. The van der Waals surface area contributed by atoms with E-state index >= 15 is 0 Å². The van der Waals surface area contributed by atoms with E-state index in [4.69, 9.17) is 14.3 Å². The third-order valence-electron chi connectivity index (χ3n) is 4.86. The number of unbranched alkanes of at least 4 members (excludes halogenated alkanes) is 1. The number of nitrogens with zero attached hydrogens (tertiary/aromatic N) is 1. The van der Waals surface area contributed by atoms with Gasteiger partial charge in [0.05, 0.1) is 13.2 Å². The number of hydrogen-bond acceptors (Lipinski definition) is 5. The van der Waals surface area contributed by atoms with Crippen LogP contribution in [0, 0.1) is 0 Å². The molecule has 0 radical (unpaired) electrons. The van der Waals surface area contributed by atoms with Crippen molar-refractivity contribution in [3.8, 4) is 0 Å². The Hall–Kier alpha value is -2.74. The van der Waals surface area contributed by atoms with E-state index in [9.17, 15) is 9.59 Å². The molecule has 1 aliphatic heterocycles. The molecule has 1 atom stereocenters. The Morgan fingerprint density at radius 2 is 1.73 bits per heavy atom. The Morgan fingerprint density at radius 1 is 1.07 bits per heavy atom. The van der Waals surface area contributed by atoms with Crippen LogP contribution in [0.3, 0.4) is 0 Å². The van der Waals surface area contributed by atoms with Crippen molar-refractivity contribution in [1.29, 1.82) is 0 Å². The summed E-state index contributed by atoms with van der Waals surface area (Å²) < 4.78 is 11.3. The molecule has 1 fully saturated rings. The van der Waals surface area contributed by atoms with Gasteiger partial charge in [-0.3, -0.25) is 14.4 Å². The van der Waals surface area contributed by atoms with Crippen LogP contribution in [0.5, 0.6) is 0 Å². The van der Waals surface area contributed by atoms with E-state index in [0.717, 1.165) is 18.4 Å². The fourth-order valence-electron chi connectivity index (χ4n) is 3.28. The highest BCUT2D eigenvalue weighted by Gasteiger charge is 2.32. The van der Waals surface area contributed by atoms with E-state index in [1.165, 1.54) is 5.06 Å². The SMILES string of the molecule is O=CN(OCc1ccccc1)[C@@H](CCCCNC(=O)c1ccccc1)C1OCCO1. The van der Waals surface area contributed by atoms with E-state index in [-0.39, 0.29) is 18.6 Å². The zero-order valence-electron chi connectivity index (χ0n) is 16.9. The zero-order valence-corrected chi connectivity index (χ0v) is 16.9. The lowest BCUT2D eigenvalue weighted by molar-refractivity contribution is -0.228. The minimum absolute atomic E-state index is 0.0877. The van der Waals surface area contributed by atoms with Gasteiger partial charge < -0.3 is 14.8 Å². The fourth-order valence-corrected chi connectivity index (χ4v) is 3.28. The van der Waals surface area contributed by atoms with Gasteiger partial charge in [0.1, 0.15) is 12.6 Å². The van der Waals surface area contributed by atoms with Crippen molar-refractivity contribution < 1.29 is 23.9 Å². The number of amides is 2. The Kier molecular flexibility index (Phi) is 8.83. The van der Waals surface area contributed by atoms with Crippen LogP contribution in [0.1, 0.15) is 35.2 Å². The molecule has 1 saturated heterocycles. The van der Waals surface area contributed by atoms with Gasteiger partial charge in [0.15, 0.2) is 6.29 Å². The average molecular weight is 412 g/mol. The van der Waals surface area contributed by atoms with Gasteiger partial charge in [0.2, 0.25) is 6.41 Å². The molecule has 0 spiro atoms. The molecule has 2 amide bonds. The Morgan fingerprint density at radius 3 is 2.40 bits per heavy atom. The van der Waals surface area contributed by atoms with Crippen molar-refractivity contribution in [3.63, 3.8) is 0 Å². The molecule has 3 rings (SSSR count). The van der Waals surface area contributed by atoms with Crippen molar-refractivity contribution in [1.82, 2.24) is 10.4 Å². The quantitative estimate of drug-likeness (QED) is 0.330. The fraction of sp³-hybridized carbons (Fsp3) is 0.391. The van der Waals surface area contributed by atoms with Crippen LogP contribution in [0.2, 0.25) is 0 Å². The highest BCUT2D eigenvalue weighted by atomic mass is 16.7. The van der Waals surface area contributed by atoms with Crippen molar-refractivity contribution in [2.75, 3.05) is 19.8 Å². The number of carbonyl (C=O) groups excluding carboxylic acids is 2. The van der Waals surface area contributed by atoms with Gasteiger partial charge in [-0.15, -0.1) is 0 Å². The van der Waals surface area contributed by atoms with Crippen LogP contribution in [0.4, 0.5) is 0 Å². The molecule has 160 valence electrons. The summed E-state index contributed by atoms with van der Waals surface area (Å²) in [5.74, 6) is -0.0877. The van der Waals surface area contributed by atoms with Crippen LogP contribution in [-0.2, 0) is 25.7 Å². The van der Waals surface area contributed by atoms with Crippen LogP contribution in [0.15, 0.2) is 60.7 Å². The number of nitrogens with one attached hydrogen (secondary N) is 1.